The van der Waals surface area contributed by atoms with Crippen LogP contribution < -0.4 is 5.32 Å². The third kappa shape index (κ3) is 2.48. The molecule has 0 spiro atoms. The first kappa shape index (κ1) is 9.52. The smallest absolute Gasteiger partial charge is 0.320 e. The molecule has 3 nitrogen and oxygen atoms in total. The van der Waals surface area contributed by atoms with Crippen LogP contribution >= 0.6 is 0 Å². The molecule has 3 heteroatoms. The van der Waals surface area contributed by atoms with Gasteiger partial charge in [-0.1, -0.05) is 26.2 Å². The Bertz CT molecular complexity index is 155. The summed E-state index contributed by atoms with van der Waals surface area (Å²) in [7, 11) is 0. The van der Waals surface area contributed by atoms with E-state index in [9.17, 15) is 4.79 Å². The molecule has 0 bridgehead atoms. The molecule has 0 amide bonds. The van der Waals surface area contributed by atoms with Gasteiger partial charge in [0.25, 0.3) is 0 Å². The van der Waals surface area contributed by atoms with Crippen LogP contribution in [-0.2, 0) is 4.79 Å². The number of likely N-dealkylation sites (N-methyl/N-ethyl adjacent to an activating group) is 1. The maximum Gasteiger partial charge on any atom is 0.320 e. The van der Waals surface area contributed by atoms with Crippen molar-refractivity contribution in [3.8, 4) is 0 Å². The number of carbonyl (C=O) groups is 1. The van der Waals surface area contributed by atoms with Crippen LogP contribution in [0.1, 0.15) is 32.6 Å². The van der Waals surface area contributed by atoms with E-state index in [-0.39, 0.29) is 6.04 Å². The van der Waals surface area contributed by atoms with Gasteiger partial charge in [0.1, 0.15) is 6.04 Å². The van der Waals surface area contributed by atoms with Gasteiger partial charge in [-0.3, -0.25) is 4.79 Å². The van der Waals surface area contributed by atoms with Gasteiger partial charge < -0.3 is 10.4 Å². The molecule has 1 aliphatic carbocycles. The molecular formula is C9H17NO2. The summed E-state index contributed by atoms with van der Waals surface area (Å²) >= 11 is 0. The highest BCUT2D eigenvalue weighted by molar-refractivity contribution is 5.73. The summed E-state index contributed by atoms with van der Waals surface area (Å²) < 4.78 is 0. The molecular weight excluding hydrogens is 154 g/mol. The number of hydrogen-bond donors (Lipinski definition) is 2. The van der Waals surface area contributed by atoms with Gasteiger partial charge in [-0.05, 0) is 18.9 Å². The van der Waals surface area contributed by atoms with E-state index in [0.717, 1.165) is 13.0 Å². The van der Waals surface area contributed by atoms with Gasteiger partial charge >= 0.3 is 5.97 Å². The number of hydrogen-bond acceptors (Lipinski definition) is 2. The Morgan fingerprint density at radius 1 is 1.67 bits per heavy atom. The molecule has 12 heavy (non-hydrogen) atoms. The van der Waals surface area contributed by atoms with Crippen LogP contribution in [-0.4, -0.2) is 23.7 Å². The fraction of sp³-hybridized carbons (Fsp3) is 0.889. The average Bonchev–Trinajstić information content (AvgIpc) is 1.93. The molecule has 2 N–H and O–H groups in total. The van der Waals surface area contributed by atoms with Gasteiger partial charge in [0.2, 0.25) is 0 Å². The summed E-state index contributed by atoms with van der Waals surface area (Å²) in [5, 5.41) is 11.8. The Hall–Kier alpha value is -0.570. The maximum absolute atomic E-state index is 10.7. The van der Waals surface area contributed by atoms with Crippen LogP contribution in [0.25, 0.3) is 0 Å². The van der Waals surface area contributed by atoms with Crippen molar-refractivity contribution >= 4 is 5.97 Å². The lowest BCUT2D eigenvalue weighted by Gasteiger charge is -2.28. The van der Waals surface area contributed by atoms with E-state index in [1.54, 1.807) is 0 Å². The van der Waals surface area contributed by atoms with Crippen molar-refractivity contribution in [2.45, 2.75) is 38.6 Å². The molecule has 1 rings (SSSR count). The molecule has 0 radical (unpaired) electrons. The van der Waals surface area contributed by atoms with Crippen molar-refractivity contribution in [2.75, 3.05) is 6.54 Å². The van der Waals surface area contributed by atoms with Crippen molar-refractivity contribution in [3.05, 3.63) is 0 Å². The predicted octanol–water partition coefficient (Wildman–Crippen LogP) is 1.24. The Balaban J connectivity index is 2.26. The minimum absolute atomic E-state index is 0.319. The SMILES string of the molecule is CCNC(CC1CCC1)C(=O)O. The van der Waals surface area contributed by atoms with E-state index in [0.29, 0.717) is 5.92 Å². The van der Waals surface area contributed by atoms with E-state index in [1.807, 2.05) is 6.92 Å². The number of carboxylic acids is 1. The first-order valence-electron chi connectivity index (χ1n) is 4.70. The molecule has 70 valence electrons. The maximum atomic E-state index is 10.7. The van der Waals surface area contributed by atoms with Gasteiger partial charge in [0, 0.05) is 0 Å². The second-order valence-corrected chi connectivity index (χ2v) is 3.48. The highest BCUT2D eigenvalue weighted by atomic mass is 16.4. The van der Waals surface area contributed by atoms with E-state index in [2.05, 4.69) is 5.32 Å². The van der Waals surface area contributed by atoms with Crippen molar-refractivity contribution < 1.29 is 9.90 Å². The molecule has 1 unspecified atom stereocenters. The van der Waals surface area contributed by atoms with Crippen molar-refractivity contribution in [1.29, 1.82) is 0 Å². The highest BCUT2D eigenvalue weighted by Gasteiger charge is 2.25. The summed E-state index contributed by atoms with van der Waals surface area (Å²) in [6.45, 7) is 2.68. The van der Waals surface area contributed by atoms with Crippen molar-refractivity contribution in [2.24, 2.45) is 5.92 Å². The van der Waals surface area contributed by atoms with E-state index in [4.69, 9.17) is 5.11 Å². The van der Waals surface area contributed by atoms with E-state index >= 15 is 0 Å². The molecule has 1 fully saturated rings. The fourth-order valence-electron chi connectivity index (χ4n) is 1.58. The molecule has 1 aliphatic rings. The van der Waals surface area contributed by atoms with Crippen LogP contribution in [0.4, 0.5) is 0 Å². The summed E-state index contributed by atoms with van der Waals surface area (Å²) in [6.07, 6.45) is 4.52. The normalized spacial score (nSPS) is 20.1. The van der Waals surface area contributed by atoms with Gasteiger partial charge in [0.15, 0.2) is 0 Å². The zero-order valence-electron chi connectivity index (χ0n) is 7.55. The minimum atomic E-state index is -0.705. The summed E-state index contributed by atoms with van der Waals surface area (Å²) in [5.74, 6) is -0.0473. The topological polar surface area (TPSA) is 49.3 Å². The average molecular weight is 171 g/mol. The minimum Gasteiger partial charge on any atom is -0.480 e. The lowest BCUT2D eigenvalue weighted by Crippen LogP contribution is -2.39. The quantitative estimate of drug-likeness (QED) is 0.654. The van der Waals surface area contributed by atoms with Gasteiger partial charge in [-0.25, -0.2) is 0 Å². The number of rotatable bonds is 5. The first-order valence-corrected chi connectivity index (χ1v) is 4.70. The van der Waals surface area contributed by atoms with Crippen molar-refractivity contribution in [3.63, 3.8) is 0 Å². The Morgan fingerprint density at radius 3 is 2.67 bits per heavy atom. The summed E-state index contributed by atoms with van der Waals surface area (Å²) in [6, 6.07) is -0.319. The standard InChI is InChI=1S/C9H17NO2/c1-2-10-8(9(11)12)6-7-4-3-5-7/h7-8,10H,2-6H2,1H3,(H,11,12). The van der Waals surface area contributed by atoms with Crippen LogP contribution in [0.2, 0.25) is 0 Å². The number of aliphatic carboxylic acids is 1. The third-order valence-electron chi connectivity index (χ3n) is 2.54. The summed E-state index contributed by atoms with van der Waals surface area (Å²) in [5.41, 5.74) is 0. The van der Waals surface area contributed by atoms with Crippen LogP contribution in [0.3, 0.4) is 0 Å². The molecule has 1 saturated carbocycles. The fourth-order valence-corrected chi connectivity index (χ4v) is 1.58. The summed E-state index contributed by atoms with van der Waals surface area (Å²) in [4.78, 5) is 10.7. The predicted molar refractivity (Wildman–Crippen MR) is 47.1 cm³/mol. The molecule has 0 aliphatic heterocycles. The van der Waals surface area contributed by atoms with Gasteiger partial charge in [0.05, 0.1) is 0 Å². The number of carboxylic acid groups (broad SMARTS) is 1. The molecule has 0 aromatic rings. The Morgan fingerprint density at radius 2 is 2.33 bits per heavy atom. The first-order chi connectivity index (χ1) is 5.74. The Labute approximate surface area is 73.2 Å². The zero-order chi connectivity index (χ0) is 8.97. The number of nitrogens with one attached hydrogen (secondary N) is 1. The molecule has 0 saturated heterocycles. The molecule has 0 aromatic carbocycles. The van der Waals surface area contributed by atoms with E-state index < -0.39 is 5.97 Å². The lowest BCUT2D eigenvalue weighted by atomic mass is 9.81. The second-order valence-electron chi connectivity index (χ2n) is 3.48. The van der Waals surface area contributed by atoms with E-state index in [1.165, 1.54) is 19.3 Å². The molecule has 1 atom stereocenters. The Kier molecular flexibility index (Phi) is 3.53. The third-order valence-corrected chi connectivity index (χ3v) is 2.54. The highest BCUT2D eigenvalue weighted by Crippen LogP contribution is 2.30. The largest absolute Gasteiger partial charge is 0.480 e. The van der Waals surface area contributed by atoms with Crippen molar-refractivity contribution in [1.82, 2.24) is 5.32 Å². The van der Waals surface area contributed by atoms with Crippen LogP contribution in [0.15, 0.2) is 0 Å². The van der Waals surface area contributed by atoms with Gasteiger partial charge in [-0.15, -0.1) is 0 Å². The van der Waals surface area contributed by atoms with Crippen LogP contribution in [0.5, 0.6) is 0 Å². The van der Waals surface area contributed by atoms with Gasteiger partial charge in [-0.2, -0.15) is 0 Å². The molecule has 0 aromatic heterocycles. The molecule has 0 heterocycles. The zero-order valence-corrected chi connectivity index (χ0v) is 7.55. The van der Waals surface area contributed by atoms with Crippen LogP contribution in [0, 0.1) is 5.92 Å². The lowest BCUT2D eigenvalue weighted by molar-refractivity contribution is -0.140. The monoisotopic (exact) mass is 171 g/mol. The second kappa shape index (κ2) is 4.45.